The van der Waals surface area contributed by atoms with Crippen LogP contribution in [0.4, 0.5) is 28.6 Å². The second kappa shape index (κ2) is 10.2. The minimum absolute atomic E-state index is 0.0952. The van der Waals surface area contributed by atoms with Gasteiger partial charge in [-0.3, -0.25) is 24.2 Å². The molecule has 11 nitrogen and oxygen atoms in total. The first-order valence-electron chi connectivity index (χ1n) is 11.5. The summed E-state index contributed by atoms with van der Waals surface area (Å²) in [6.07, 6.45) is 1.05. The van der Waals surface area contributed by atoms with E-state index in [-0.39, 0.29) is 23.7 Å². The van der Waals surface area contributed by atoms with E-state index in [0.29, 0.717) is 38.4 Å². The topological polar surface area (TPSA) is 162 Å². The van der Waals surface area contributed by atoms with Crippen molar-refractivity contribution in [3.05, 3.63) is 103 Å². The van der Waals surface area contributed by atoms with Gasteiger partial charge < -0.3 is 16.0 Å². The molecule has 0 fully saturated rings. The summed E-state index contributed by atoms with van der Waals surface area (Å²) in [4.78, 5) is 37.3. The Morgan fingerprint density at radius 3 is 2.49 bits per heavy atom. The van der Waals surface area contributed by atoms with Gasteiger partial charge in [0.05, 0.1) is 11.8 Å². The third-order valence-electron chi connectivity index (χ3n) is 5.76. The van der Waals surface area contributed by atoms with E-state index in [4.69, 9.17) is 11.6 Å². The van der Waals surface area contributed by atoms with Gasteiger partial charge in [0.15, 0.2) is 5.82 Å². The Bertz CT molecular complexity index is 1910. The molecule has 5 rings (SSSR count). The smallest absolute Gasteiger partial charge is 0.256 e. The minimum atomic E-state index is -3.44. The summed E-state index contributed by atoms with van der Waals surface area (Å²) in [6, 6.07) is 18.3. The van der Waals surface area contributed by atoms with Crippen molar-refractivity contribution in [1.29, 1.82) is 0 Å². The molecule has 0 spiro atoms. The van der Waals surface area contributed by atoms with Gasteiger partial charge in [0.2, 0.25) is 10.0 Å². The Hall–Kier alpha value is -4.68. The number of fused-ring (bicyclic) bond motifs is 1. The molecule has 39 heavy (non-hydrogen) atoms. The number of aromatic nitrogens is 2. The molecule has 0 radical (unpaired) electrons. The number of carbonyl (C=O) groups is 1. The quantitative estimate of drug-likeness (QED) is 0.169. The van der Waals surface area contributed by atoms with Crippen molar-refractivity contribution in [3.63, 3.8) is 0 Å². The van der Waals surface area contributed by atoms with Gasteiger partial charge in [-0.2, -0.15) is 5.10 Å². The number of nitrogens with zero attached hydrogens (tertiary/aromatic N) is 1. The molecule has 0 atom stereocenters. The Balaban J connectivity index is 1.33. The molecule has 198 valence electrons. The molecule has 0 aliphatic carbocycles. The second-order valence-electron chi connectivity index (χ2n) is 8.76. The van der Waals surface area contributed by atoms with Gasteiger partial charge in [-0.05, 0) is 54.1 Å². The third-order valence-corrected chi connectivity index (χ3v) is 6.60. The van der Waals surface area contributed by atoms with Crippen LogP contribution in [-0.2, 0) is 16.6 Å². The number of nitrogens with one attached hydrogen (secondary N) is 5. The lowest BCUT2D eigenvalue weighted by Crippen LogP contribution is -2.36. The van der Waals surface area contributed by atoms with Crippen LogP contribution in [0.15, 0.2) is 76.3 Å². The zero-order valence-corrected chi connectivity index (χ0v) is 21.9. The Kier molecular flexibility index (Phi) is 6.81. The molecule has 5 aromatic rings. The van der Waals surface area contributed by atoms with Crippen molar-refractivity contribution in [2.75, 3.05) is 26.9 Å². The van der Waals surface area contributed by atoms with Crippen molar-refractivity contribution in [2.45, 2.75) is 6.54 Å². The molecule has 0 saturated carbocycles. The van der Waals surface area contributed by atoms with E-state index in [1.54, 1.807) is 60.7 Å². The van der Waals surface area contributed by atoms with Crippen molar-refractivity contribution in [1.82, 2.24) is 10.2 Å². The summed E-state index contributed by atoms with van der Waals surface area (Å²) in [7, 11) is -3.44. The zero-order valence-electron chi connectivity index (χ0n) is 20.3. The van der Waals surface area contributed by atoms with Crippen LogP contribution in [0.1, 0.15) is 15.9 Å². The van der Waals surface area contributed by atoms with Gasteiger partial charge in [0.25, 0.3) is 16.8 Å². The highest BCUT2D eigenvalue weighted by atomic mass is 35.5. The summed E-state index contributed by atoms with van der Waals surface area (Å²) >= 11 is 5.98. The van der Waals surface area contributed by atoms with Crippen LogP contribution in [0, 0.1) is 0 Å². The van der Waals surface area contributed by atoms with Gasteiger partial charge in [0, 0.05) is 33.9 Å². The standard InChI is InChI=1S/C26H21ClN6O5S/c1-39(37,38)33-18-7-2-4-14(10-18)13-28-21-22(24(35)23(21)34)29-17-8-9-20-19(12-17)25(32-31-20)30-26(36)15-5-3-6-16(27)11-15/h2-12,28-29,33H,13H2,1H3,(H2,30,31,32,36). The van der Waals surface area contributed by atoms with Crippen molar-refractivity contribution in [2.24, 2.45) is 0 Å². The van der Waals surface area contributed by atoms with Gasteiger partial charge in [-0.1, -0.05) is 29.8 Å². The number of halogens is 1. The lowest BCUT2D eigenvalue weighted by Gasteiger charge is -2.15. The average Bonchev–Trinajstić information content (AvgIpc) is 3.29. The first-order chi connectivity index (χ1) is 18.6. The number of benzene rings is 3. The van der Waals surface area contributed by atoms with E-state index in [9.17, 15) is 22.8 Å². The number of sulfonamides is 1. The van der Waals surface area contributed by atoms with E-state index < -0.39 is 26.8 Å². The van der Waals surface area contributed by atoms with Crippen molar-refractivity contribution >= 4 is 67.0 Å². The van der Waals surface area contributed by atoms with E-state index in [2.05, 4.69) is 30.9 Å². The number of H-pyrrole nitrogens is 1. The molecule has 4 aromatic carbocycles. The van der Waals surface area contributed by atoms with Crippen LogP contribution in [0.25, 0.3) is 10.9 Å². The fourth-order valence-corrected chi connectivity index (χ4v) is 4.72. The zero-order chi connectivity index (χ0) is 27.7. The van der Waals surface area contributed by atoms with Crippen LogP contribution < -0.4 is 31.5 Å². The second-order valence-corrected chi connectivity index (χ2v) is 10.9. The first kappa shape index (κ1) is 25.9. The van der Waals surface area contributed by atoms with Crippen LogP contribution in [-0.4, -0.2) is 30.8 Å². The molecule has 5 N–H and O–H groups in total. The first-order valence-corrected chi connectivity index (χ1v) is 13.8. The molecule has 1 aromatic heterocycles. The highest BCUT2D eigenvalue weighted by molar-refractivity contribution is 7.92. The Labute approximate surface area is 227 Å². The largest absolute Gasteiger partial charge is 0.376 e. The lowest BCUT2D eigenvalue weighted by atomic mass is 10.1. The summed E-state index contributed by atoms with van der Waals surface area (Å²) in [5, 5.41) is 16.7. The van der Waals surface area contributed by atoms with E-state index >= 15 is 0 Å². The van der Waals surface area contributed by atoms with Gasteiger partial charge in [-0.15, -0.1) is 0 Å². The highest BCUT2D eigenvalue weighted by Crippen LogP contribution is 2.28. The van der Waals surface area contributed by atoms with Crippen molar-refractivity contribution < 1.29 is 13.2 Å². The normalized spacial score (nSPS) is 11.4. The number of hydrogen-bond acceptors (Lipinski definition) is 8. The molecular formula is C26H21ClN6O5S. The maximum atomic E-state index is 12.7. The molecule has 13 heteroatoms. The maximum Gasteiger partial charge on any atom is 0.256 e. The van der Waals surface area contributed by atoms with Crippen LogP contribution in [0.5, 0.6) is 0 Å². The monoisotopic (exact) mass is 564 g/mol. The van der Waals surface area contributed by atoms with Gasteiger partial charge in [0.1, 0.15) is 11.4 Å². The molecule has 0 aliphatic heterocycles. The highest BCUT2D eigenvalue weighted by Gasteiger charge is 2.21. The van der Waals surface area contributed by atoms with Crippen LogP contribution >= 0.6 is 11.6 Å². The number of aromatic amines is 1. The van der Waals surface area contributed by atoms with Crippen LogP contribution in [0.3, 0.4) is 0 Å². The predicted octanol–water partition coefficient (Wildman–Crippen LogP) is 3.79. The number of hydrogen-bond donors (Lipinski definition) is 5. The van der Waals surface area contributed by atoms with E-state index in [1.165, 1.54) is 6.07 Å². The Morgan fingerprint density at radius 2 is 1.72 bits per heavy atom. The van der Waals surface area contributed by atoms with E-state index in [0.717, 1.165) is 6.26 Å². The summed E-state index contributed by atoms with van der Waals surface area (Å²) < 4.78 is 25.4. The molecule has 0 saturated heterocycles. The van der Waals surface area contributed by atoms with Crippen molar-refractivity contribution in [3.8, 4) is 0 Å². The minimum Gasteiger partial charge on any atom is -0.376 e. The lowest BCUT2D eigenvalue weighted by molar-refractivity contribution is 0.102. The summed E-state index contributed by atoms with van der Waals surface area (Å²) in [5.41, 5.74) is 1.46. The number of anilines is 5. The molecular weight excluding hydrogens is 544 g/mol. The third kappa shape index (κ3) is 5.76. The van der Waals surface area contributed by atoms with Gasteiger partial charge in [-0.25, -0.2) is 8.42 Å². The number of rotatable bonds is 9. The molecule has 1 heterocycles. The molecule has 0 aliphatic rings. The van der Waals surface area contributed by atoms with Crippen LogP contribution in [0.2, 0.25) is 5.02 Å². The molecule has 0 unspecified atom stereocenters. The predicted molar refractivity (Wildman–Crippen MR) is 152 cm³/mol. The van der Waals surface area contributed by atoms with Gasteiger partial charge >= 0.3 is 0 Å². The SMILES string of the molecule is CS(=O)(=O)Nc1cccc(CNc2c(Nc3ccc4[nH]nc(NC(=O)c5cccc(Cl)c5)c4c3)c(=O)c2=O)c1. The average molecular weight is 565 g/mol. The molecule has 0 bridgehead atoms. The summed E-state index contributed by atoms with van der Waals surface area (Å²) in [6.45, 7) is 0.180. The van der Waals surface area contributed by atoms with E-state index in [1.807, 2.05) is 0 Å². The summed E-state index contributed by atoms with van der Waals surface area (Å²) in [5.74, 6) is -0.112. The number of amides is 1. The fourth-order valence-electron chi connectivity index (χ4n) is 3.97. The fraction of sp³-hybridized carbons (Fsp3) is 0.0769. The maximum absolute atomic E-state index is 12.7. The Morgan fingerprint density at radius 1 is 0.949 bits per heavy atom. The molecule has 1 amide bonds. The number of carbonyl (C=O) groups excluding carboxylic acids is 1.